The summed E-state index contributed by atoms with van der Waals surface area (Å²) in [7, 11) is -3.72. The van der Waals surface area contributed by atoms with Gasteiger partial charge in [0.05, 0.1) is 4.90 Å². The molecule has 1 fully saturated rings. The van der Waals surface area contributed by atoms with E-state index in [-0.39, 0.29) is 49.9 Å². The van der Waals surface area contributed by atoms with Crippen molar-refractivity contribution in [2.75, 3.05) is 38.0 Å². The first kappa shape index (κ1) is 21.7. The highest BCUT2D eigenvalue weighted by Gasteiger charge is 2.29. The van der Waals surface area contributed by atoms with Gasteiger partial charge in [-0.2, -0.15) is 4.31 Å². The van der Waals surface area contributed by atoms with E-state index >= 15 is 0 Å². The molecule has 3 amide bonds. The average molecular weight is 434 g/mol. The predicted molar refractivity (Wildman–Crippen MR) is 110 cm³/mol. The number of piperazine rings is 1. The van der Waals surface area contributed by atoms with Gasteiger partial charge in [-0.3, -0.25) is 4.79 Å². The number of hydrogen-bond donors (Lipinski definition) is 2. The van der Waals surface area contributed by atoms with Gasteiger partial charge in [0.15, 0.2) is 0 Å². The Hall–Kier alpha value is -2.98. The largest absolute Gasteiger partial charge is 0.340 e. The molecule has 0 atom stereocenters. The molecule has 0 aliphatic carbocycles. The van der Waals surface area contributed by atoms with E-state index in [4.69, 9.17) is 0 Å². The molecule has 1 heterocycles. The summed E-state index contributed by atoms with van der Waals surface area (Å²) >= 11 is 0. The highest BCUT2D eigenvalue weighted by molar-refractivity contribution is 7.89. The van der Waals surface area contributed by atoms with Crippen molar-refractivity contribution in [2.45, 2.75) is 11.3 Å². The summed E-state index contributed by atoms with van der Waals surface area (Å²) in [5, 5.41) is 5.29. The van der Waals surface area contributed by atoms with E-state index < -0.39 is 21.9 Å². The van der Waals surface area contributed by atoms with Crippen molar-refractivity contribution in [3.8, 4) is 0 Å². The van der Waals surface area contributed by atoms with Crippen LogP contribution >= 0.6 is 0 Å². The van der Waals surface area contributed by atoms with E-state index in [1.807, 2.05) is 6.07 Å². The maximum absolute atomic E-state index is 13.0. The lowest BCUT2D eigenvalue weighted by atomic mass is 10.3. The van der Waals surface area contributed by atoms with Crippen LogP contribution in [0.1, 0.15) is 6.42 Å². The van der Waals surface area contributed by atoms with Crippen LogP contribution in [0.3, 0.4) is 0 Å². The Morgan fingerprint density at radius 3 is 2.20 bits per heavy atom. The molecule has 30 heavy (non-hydrogen) atoms. The number of halogens is 1. The van der Waals surface area contributed by atoms with Crippen molar-refractivity contribution in [3.05, 3.63) is 60.4 Å². The van der Waals surface area contributed by atoms with Crippen LogP contribution in [0, 0.1) is 5.82 Å². The lowest BCUT2D eigenvalue weighted by molar-refractivity contribution is -0.132. The van der Waals surface area contributed by atoms with E-state index in [9.17, 15) is 22.4 Å². The molecular weight excluding hydrogens is 411 g/mol. The third kappa shape index (κ3) is 5.55. The van der Waals surface area contributed by atoms with Crippen LogP contribution in [0.4, 0.5) is 14.9 Å². The van der Waals surface area contributed by atoms with Crippen molar-refractivity contribution in [2.24, 2.45) is 0 Å². The SMILES string of the molecule is O=C(NCCC(=O)N1CCN(S(=O)(=O)c2ccc(F)cc2)CC1)Nc1ccccc1. The smallest absolute Gasteiger partial charge is 0.319 e. The van der Waals surface area contributed by atoms with Gasteiger partial charge in [0, 0.05) is 44.8 Å². The molecule has 2 aromatic carbocycles. The third-order valence-corrected chi connectivity index (χ3v) is 6.61. The zero-order chi connectivity index (χ0) is 21.6. The van der Waals surface area contributed by atoms with Crippen molar-refractivity contribution < 1.29 is 22.4 Å². The fourth-order valence-electron chi connectivity index (χ4n) is 3.07. The van der Waals surface area contributed by atoms with Gasteiger partial charge in [-0.25, -0.2) is 17.6 Å². The van der Waals surface area contributed by atoms with Gasteiger partial charge in [0.2, 0.25) is 15.9 Å². The standard InChI is InChI=1S/C20H23FN4O4S/c21-16-6-8-18(9-7-16)30(28,29)25-14-12-24(13-15-25)19(26)10-11-22-20(27)23-17-4-2-1-3-5-17/h1-9H,10-15H2,(H2,22,23,27). The summed E-state index contributed by atoms with van der Waals surface area (Å²) in [6.07, 6.45) is 0.118. The minimum Gasteiger partial charge on any atom is -0.340 e. The van der Waals surface area contributed by atoms with Crippen molar-refractivity contribution in [1.82, 2.24) is 14.5 Å². The molecule has 1 aliphatic rings. The van der Waals surface area contributed by atoms with E-state index in [0.29, 0.717) is 5.69 Å². The number of hydrogen-bond acceptors (Lipinski definition) is 4. The van der Waals surface area contributed by atoms with Crippen molar-refractivity contribution in [3.63, 3.8) is 0 Å². The van der Waals surface area contributed by atoms with E-state index in [1.165, 1.54) is 16.4 Å². The first-order valence-corrected chi connectivity index (χ1v) is 10.9. The molecular formula is C20H23FN4O4S. The molecule has 0 spiro atoms. The lowest BCUT2D eigenvalue weighted by Crippen LogP contribution is -2.50. The second-order valence-electron chi connectivity index (χ2n) is 6.74. The number of amides is 3. The number of para-hydroxylation sites is 1. The van der Waals surface area contributed by atoms with Crippen LogP contribution in [0.5, 0.6) is 0 Å². The van der Waals surface area contributed by atoms with Gasteiger partial charge < -0.3 is 15.5 Å². The van der Waals surface area contributed by atoms with E-state index in [0.717, 1.165) is 12.1 Å². The normalized spacial score (nSPS) is 14.9. The van der Waals surface area contributed by atoms with E-state index in [1.54, 1.807) is 29.2 Å². The second-order valence-corrected chi connectivity index (χ2v) is 8.67. The zero-order valence-corrected chi connectivity index (χ0v) is 17.1. The highest BCUT2D eigenvalue weighted by atomic mass is 32.2. The minimum atomic E-state index is -3.72. The number of nitrogens with zero attached hydrogens (tertiary/aromatic N) is 2. The highest BCUT2D eigenvalue weighted by Crippen LogP contribution is 2.18. The summed E-state index contributed by atoms with van der Waals surface area (Å²) in [5.41, 5.74) is 0.653. The Kier molecular flexibility index (Phi) is 7.01. The number of anilines is 1. The molecule has 0 aromatic heterocycles. The second kappa shape index (κ2) is 9.68. The molecule has 0 bridgehead atoms. The topological polar surface area (TPSA) is 98.8 Å². The molecule has 0 radical (unpaired) electrons. The first-order valence-electron chi connectivity index (χ1n) is 9.49. The van der Waals surface area contributed by atoms with E-state index in [2.05, 4.69) is 10.6 Å². The molecule has 0 saturated carbocycles. The monoisotopic (exact) mass is 434 g/mol. The lowest BCUT2D eigenvalue weighted by Gasteiger charge is -2.34. The number of carbonyl (C=O) groups is 2. The number of benzene rings is 2. The maximum Gasteiger partial charge on any atom is 0.319 e. The Bertz CT molecular complexity index is 976. The summed E-state index contributed by atoms with van der Waals surface area (Å²) in [6.45, 7) is 1.01. The Labute approximate surface area is 174 Å². The average Bonchev–Trinajstić information content (AvgIpc) is 2.75. The molecule has 8 nitrogen and oxygen atoms in total. The van der Waals surface area contributed by atoms with Gasteiger partial charge >= 0.3 is 6.03 Å². The van der Waals surface area contributed by atoms with Crippen LogP contribution in [-0.2, 0) is 14.8 Å². The molecule has 2 N–H and O–H groups in total. The Morgan fingerprint density at radius 1 is 0.933 bits per heavy atom. The number of carbonyl (C=O) groups excluding carboxylic acids is 2. The van der Waals surface area contributed by atoms with Gasteiger partial charge in [-0.15, -0.1) is 0 Å². The minimum absolute atomic E-state index is 0.0253. The number of rotatable bonds is 6. The molecule has 3 rings (SSSR count). The molecule has 10 heteroatoms. The van der Waals surface area contributed by atoms with Crippen LogP contribution < -0.4 is 10.6 Å². The Morgan fingerprint density at radius 2 is 1.57 bits per heavy atom. The first-order chi connectivity index (χ1) is 14.4. The molecule has 1 aliphatic heterocycles. The van der Waals surface area contributed by atoms with Gasteiger partial charge in [-0.05, 0) is 36.4 Å². The molecule has 2 aromatic rings. The summed E-state index contributed by atoms with van der Waals surface area (Å²) in [5.74, 6) is -0.663. The number of nitrogens with one attached hydrogen (secondary N) is 2. The van der Waals surface area contributed by atoms with Crippen LogP contribution in [-0.4, -0.2) is 62.3 Å². The van der Waals surface area contributed by atoms with Gasteiger partial charge in [-0.1, -0.05) is 18.2 Å². The van der Waals surface area contributed by atoms with Gasteiger partial charge in [0.25, 0.3) is 0 Å². The maximum atomic E-state index is 13.0. The molecule has 1 saturated heterocycles. The summed E-state index contributed by atoms with van der Waals surface area (Å²) in [6, 6.07) is 13.2. The Balaban J connectivity index is 1.42. The summed E-state index contributed by atoms with van der Waals surface area (Å²) < 4.78 is 39.6. The quantitative estimate of drug-likeness (QED) is 0.725. The fraction of sp³-hybridized carbons (Fsp3) is 0.300. The third-order valence-electron chi connectivity index (χ3n) is 4.70. The summed E-state index contributed by atoms with van der Waals surface area (Å²) in [4.78, 5) is 25.8. The molecule has 0 unspecified atom stereocenters. The molecule has 160 valence electrons. The van der Waals surface area contributed by atoms with Crippen molar-refractivity contribution >= 4 is 27.6 Å². The number of urea groups is 1. The predicted octanol–water partition coefficient (Wildman–Crippen LogP) is 1.87. The number of sulfonamides is 1. The zero-order valence-electron chi connectivity index (χ0n) is 16.3. The van der Waals surface area contributed by atoms with Gasteiger partial charge in [0.1, 0.15) is 5.82 Å². The fourth-order valence-corrected chi connectivity index (χ4v) is 4.49. The van der Waals surface area contributed by atoms with Crippen LogP contribution in [0.25, 0.3) is 0 Å². The van der Waals surface area contributed by atoms with Crippen LogP contribution in [0.15, 0.2) is 59.5 Å². The van der Waals surface area contributed by atoms with Crippen LogP contribution in [0.2, 0.25) is 0 Å². The van der Waals surface area contributed by atoms with Crippen molar-refractivity contribution in [1.29, 1.82) is 0 Å².